The maximum Gasteiger partial charge on any atom is 0.334 e. The van der Waals surface area contributed by atoms with E-state index in [9.17, 15) is 4.79 Å². The van der Waals surface area contributed by atoms with Crippen molar-refractivity contribution in [2.75, 3.05) is 6.61 Å². The third-order valence-electron chi connectivity index (χ3n) is 1.39. The Morgan fingerprint density at radius 1 is 1.55 bits per heavy atom. The molecule has 0 saturated carbocycles. The van der Waals surface area contributed by atoms with Crippen molar-refractivity contribution in [3.8, 4) is 0 Å². The molecular formula is C8H16O3. The molecule has 0 amide bonds. The van der Waals surface area contributed by atoms with Gasteiger partial charge in [-0.1, -0.05) is 19.8 Å². The van der Waals surface area contributed by atoms with Gasteiger partial charge in [-0.15, -0.1) is 0 Å². The smallest absolute Gasteiger partial charge is 0.334 e. The number of esters is 1. The first-order valence-corrected chi connectivity index (χ1v) is 4.07. The number of rotatable bonds is 5. The molecule has 3 heteroatoms. The fourth-order valence-electron chi connectivity index (χ4n) is 0.754. The van der Waals surface area contributed by atoms with Crippen LogP contribution in [0.3, 0.4) is 0 Å². The number of unbranched alkanes of at least 4 members (excludes halogenated alkanes) is 1. The molecule has 3 nitrogen and oxygen atoms in total. The van der Waals surface area contributed by atoms with E-state index in [1.54, 1.807) is 6.92 Å². The Kier molecular flexibility index (Phi) is 5.84. The fraction of sp³-hybridized carbons (Fsp3) is 0.875. The van der Waals surface area contributed by atoms with Crippen molar-refractivity contribution in [2.45, 2.75) is 39.2 Å². The van der Waals surface area contributed by atoms with Gasteiger partial charge < -0.3 is 9.84 Å². The Balaban J connectivity index is 3.46. The summed E-state index contributed by atoms with van der Waals surface area (Å²) in [5, 5.41) is 9.11. The Labute approximate surface area is 67.4 Å². The standard InChI is InChI=1S/C8H16O3/c1-3-5-6-7(9)8(10)11-4-2/h7,9H,3-6H2,1-2H3/t7-/m1/s1. The summed E-state index contributed by atoms with van der Waals surface area (Å²) >= 11 is 0. The van der Waals surface area contributed by atoms with Crippen molar-refractivity contribution in [2.24, 2.45) is 0 Å². The van der Waals surface area contributed by atoms with Crippen LogP contribution < -0.4 is 0 Å². The van der Waals surface area contributed by atoms with Crippen molar-refractivity contribution < 1.29 is 14.6 Å². The van der Waals surface area contributed by atoms with Crippen LogP contribution in [-0.2, 0) is 9.53 Å². The van der Waals surface area contributed by atoms with Gasteiger partial charge in [-0.2, -0.15) is 0 Å². The second-order valence-corrected chi connectivity index (χ2v) is 2.41. The second kappa shape index (κ2) is 6.16. The normalized spacial score (nSPS) is 12.6. The van der Waals surface area contributed by atoms with Gasteiger partial charge >= 0.3 is 5.97 Å². The van der Waals surface area contributed by atoms with E-state index in [0.29, 0.717) is 13.0 Å². The molecule has 0 aliphatic carbocycles. The predicted molar refractivity (Wildman–Crippen MR) is 42.2 cm³/mol. The summed E-state index contributed by atoms with van der Waals surface area (Å²) in [5.74, 6) is -0.499. The van der Waals surface area contributed by atoms with E-state index >= 15 is 0 Å². The Morgan fingerprint density at radius 2 is 2.18 bits per heavy atom. The van der Waals surface area contributed by atoms with Gasteiger partial charge in [-0.05, 0) is 13.3 Å². The van der Waals surface area contributed by atoms with E-state index in [0.717, 1.165) is 12.8 Å². The summed E-state index contributed by atoms with van der Waals surface area (Å²) in [6.45, 7) is 4.07. The monoisotopic (exact) mass is 160 g/mol. The van der Waals surface area contributed by atoms with Crippen molar-refractivity contribution in [1.82, 2.24) is 0 Å². The molecule has 1 atom stereocenters. The van der Waals surface area contributed by atoms with E-state index < -0.39 is 12.1 Å². The van der Waals surface area contributed by atoms with Crippen LogP contribution in [0.25, 0.3) is 0 Å². The molecular weight excluding hydrogens is 144 g/mol. The van der Waals surface area contributed by atoms with Crippen LogP contribution in [0.15, 0.2) is 0 Å². The van der Waals surface area contributed by atoms with Crippen LogP contribution in [0.1, 0.15) is 33.1 Å². The van der Waals surface area contributed by atoms with E-state index in [4.69, 9.17) is 5.11 Å². The third-order valence-corrected chi connectivity index (χ3v) is 1.39. The van der Waals surface area contributed by atoms with Crippen molar-refractivity contribution in [3.63, 3.8) is 0 Å². The molecule has 0 spiro atoms. The molecule has 11 heavy (non-hydrogen) atoms. The lowest BCUT2D eigenvalue weighted by Crippen LogP contribution is -2.22. The van der Waals surface area contributed by atoms with Crippen LogP contribution in [-0.4, -0.2) is 23.8 Å². The van der Waals surface area contributed by atoms with Gasteiger partial charge in [0.1, 0.15) is 0 Å². The van der Waals surface area contributed by atoms with E-state index in [1.165, 1.54) is 0 Å². The lowest BCUT2D eigenvalue weighted by atomic mass is 10.2. The molecule has 1 N–H and O–H groups in total. The average molecular weight is 160 g/mol. The van der Waals surface area contributed by atoms with E-state index in [2.05, 4.69) is 4.74 Å². The van der Waals surface area contributed by atoms with Gasteiger partial charge in [0.05, 0.1) is 6.61 Å². The largest absolute Gasteiger partial charge is 0.464 e. The number of hydrogen-bond donors (Lipinski definition) is 1. The highest BCUT2D eigenvalue weighted by atomic mass is 16.5. The van der Waals surface area contributed by atoms with E-state index in [-0.39, 0.29) is 0 Å². The number of ether oxygens (including phenoxy) is 1. The summed E-state index contributed by atoms with van der Waals surface area (Å²) in [7, 11) is 0. The minimum Gasteiger partial charge on any atom is -0.464 e. The number of carbonyl (C=O) groups is 1. The molecule has 0 rings (SSSR count). The van der Waals surface area contributed by atoms with Gasteiger partial charge in [-0.25, -0.2) is 4.79 Å². The van der Waals surface area contributed by atoms with Crippen LogP contribution >= 0.6 is 0 Å². The molecule has 66 valence electrons. The minimum absolute atomic E-state index is 0.335. The van der Waals surface area contributed by atoms with Gasteiger partial charge in [0, 0.05) is 0 Å². The first-order chi connectivity index (χ1) is 5.22. The van der Waals surface area contributed by atoms with Crippen LogP contribution in [0.5, 0.6) is 0 Å². The van der Waals surface area contributed by atoms with Crippen LogP contribution in [0.4, 0.5) is 0 Å². The average Bonchev–Trinajstić information content (AvgIpc) is 2.00. The van der Waals surface area contributed by atoms with Gasteiger partial charge in [0.15, 0.2) is 6.10 Å². The molecule has 0 heterocycles. The van der Waals surface area contributed by atoms with Crippen molar-refractivity contribution >= 4 is 5.97 Å². The zero-order valence-corrected chi connectivity index (χ0v) is 7.17. The lowest BCUT2D eigenvalue weighted by molar-refractivity contribution is -0.153. The highest BCUT2D eigenvalue weighted by molar-refractivity contribution is 5.74. The molecule has 0 aliphatic heterocycles. The molecule has 0 aliphatic rings. The summed E-state index contributed by atoms with van der Waals surface area (Å²) in [6.07, 6.45) is 1.43. The van der Waals surface area contributed by atoms with Crippen molar-refractivity contribution in [1.29, 1.82) is 0 Å². The zero-order valence-electron chi connectivity index (χ0n) is 7.17. The summed E-state index contributed by atoms with van der Waals surface area (Å²) in [5.41, 5.74) is 0. The zero-order chi connectivity index (χ0) is 8.69. The number of aliphatic hydroxyl groups excluding tert-OH is 1. The number of hydrogen-bond acceptors (Lipinski definition) is 3. The topological polar surface area (TPSA) is 46.5 Å². The molecule has 0 bridgehead atoms. The molecule has 0 aromatic heterocycles. The molecule has 0 unspecified atom stereocenters. The Hall–Kier alpha value is -0.570. The molecule has 0 aromatic carbocycles. The quantitative estimate of drug-likeness (QED) is 0.612. The summed E-state index contributed by atoms with van der Waals surface area (Å²) in [6, 6.07) is 0. The first-order valence-electron chi connectivity index (χ1n) is 4.07. The summed E-state index contributed by atoms with van der Waals surface area (Å²) in [4.78, 5) is 10.8. The maximum atomic E-state index is 10.8. The number of carbonyl (C=O) groups excluding carboxylic acids is 1. The van der Waals surface area contributed by atoms with Crippen molar-refractivity contribution in [3.05, 3.63) is 0 Å². The maximum absolute atomic E-state index is 10.8. The molecule has 0 saturated heterocycles. The number of aliphatic hydroxyl groups is 1. The minimum atomic E-state index is -0.921. The molecule has 0 fully saturated rings. The fourth-order valence-corrected chi connectivity index (χ4v) is 0.754. The first kappa shape index (κ1) is 10.4. The van der Waals surface area contributed by atoms with Gasteiger partial charge in [-0.3, -0.25) is 0 Å². The molecule has 0 aromatic rings. The Bertz CT molecular complexity index is 112. The predicted octanol–water partition coefficient (Wildman–Crippen LogP) is 1.10. The third kappa shape index (κ3) is 4.79. The highest BCUT2D eigenvalue weighted by Crippen LogP contribution is 2.01. The van der Waals surface area contributed by atoms with Crippen LogP contribution in [0, 0.1) is 0 Å². The second-order valence-electron chi connectivity index (χ2n) is 2.41. The van der Waals surface area contributed by atoms with Gasteiger partial charge in [0.25, 0.3) is 0 Å². The summed E-state index contributed by atoms with van der Waals surface area (Å²) < 4.78 is 4.61. The van der Waals surface area contributed by atoms with Crippen LogP contribution in [0.2, 0.25) is 0 Å². The highest BCUT2D eigenvalue weighted by Gasteiger charge is 2.14. The van der Waals surface area contributed by atoms with E-state index in [1.807, 2.05) is 6.92 Å². The SMILES string of the molecule is CCCC[C@@H](O)C(=O)OCC. The lowest BCUT2D eigenvalue weighted by Gasteiger charge is -2.07. The van der Waals surface area contributed by atoms with Gasteiger partial charge in [0.2, 0.25) is 0 Å². The molecule has 0 radical (unpaired) electrons. The Morgan fingerprint density at radius 3 is 2.64 bits per heavy atom.